The number of hydrogen-bond donors (Lipinski definition) is 1. The first-order valence-electron chi connectivity index (χ1n) is 8.32. The molecular weight excluding hydrogens is 344 g/mol. The highest BCUT2D eigenvalue weighted by Crippen LogP contribution is 2.24. The minimum atomic E-state index is -3.50. The second kappa shape index (κ2) is 8.72. The molecule has 1 aromatic rings. The molecule has 1 heterocycles. The van der Waals surface area contributed by atoms with Gasteiger partial charge in [-0.25, -0.2) is 5.01 Å². The Bertz CT molecular complexity index is 695. The van der Waals surface area contributed by atoms with E-state index in [0.717, 1.165) is 5.56 Å². The van der Waals surface area contributed by atoms with Crippen molar-refractivity contribution in [3.63, 3.8) is 0 Å². The van der Waals surface area contributed by atoms with Crippen molar-refractivity contribution in [3.8, 4) is 0 Å². The van der Waals surface area contributed by atoms with Crippen LogP contribution in [-0.4, -0.2) is 61.5 Å². The molecule has 8 nitrogen and oxygen atoms in total. The maximum atomic E-state index is 12.6. The van der Waals surface area contributed by atoms with Gasteiger partial charge in [0.15, 0.2) is 0 Å². The molecule has 0 spiro atoms. The lowest BCUT2D eigenvalue weighted by atomic mass is 10.2. The van der Waals surface area contributed by atoms with Gasteiger partial charge < -0.3 is 10.1 Å². The van der Waals surface area contributed by atoms with Crippen LogP contribution in [0.4, 0.5) is 5.69 Å². The third-order valence-electron chi connectivity index (χ3n) is 3.97. The van der Waals surface area contributed by atoms with E-state index in [1.165, 1.54) is 8.72 Å². The summed E-state index contributed by atoms with van der Waals surface area (Å²) in [5.41, 5.74) is 1.47. The van der Waals surface area contributed by atoms with Gasteiger partial charge in [-0.1, -0.05) is 19.1 Å². The van der Waals surface area contributed by atoms with E-state index in [4.69, 9.17) is 4.74 Å². The number of hydrazine groups is 1. The zero-order chi connectivity index (χ0) is 18.4. The molecule has 1 saturated heterocycles. The molecule has 1 amide bonds. The predicted molar refractivity (Wildman–Crippen MR) is 95.7 cm³/mol. The van der Waals surface area contributed by atoms with E-state index in [9.17, 15) is 13.2 Å². The number of carbonyl (C=O) groups is 1. The third-order valence-corrected chi connectivity index (χ3v) is 5.89. The zero-order valence-electron chi connectivity index (χ0n) is 14.9. The van der Waals surface area contributed by atoms with Crippen LogP contribution in [-0.2, 0) is 26.3 Å². The van der Waals surface area contributed by atoms with E-state index in [1.807, 2.05) is 19.9 Å². The fraction of sp³-hybridized carbons (Fsp3) is 0.562. The highest BCUT2D eigenvalue weighted by molar-refractivity contribution is 7.86. The van der Waals surface area contributed by atoms with E-state index >= 15 is 0 Å². The fourth-order valence-electron chi connectivity index (χ4n) is 2.73. The molecule has 0 saturated carbocycles. The summed E-state index contributed by atoms with van der Waals surface area (Å²) in [7, 11) is -1.95. The van der Waals surface area contributed by atoms with Crippen molar-refractivity contribution in [2.75, 3.05) is 38.8 Å². The minimum absolute atomic E-state index is 0.137. The summed E-state index contributed by atoms with van der Waals surface area (Å²) < 4.78 is 32.9. The first-order valence-corrected chi connectivity index (χ1v) is 9.72. The molecule has 1 aliphatic heterocycles. The van der Waals surface area contributed by atoms with Gasteiger partial charge in [-0.05, 0) is 24.6 Å². The average Bonchev–Trinajstić information content (AvgIpc) is 2.82. The van der Waals surface area contributed by atoms with Gasteiger partial charge in [0, 0.05) is 32.4 Å². The summed E-state index contributed by atoms with van der Waals surface area (Å²) in [6.07, 6.45) is 0.276. The molecular formula is C16H26N4O4S. The quantitative estimate of drug-likeness (QED) is 0.744. The largest absolute Gasteiger partial charge is 0.384 e. The number of benzene rings is 1. The summed E-state index contributed by atoms with van der Waals surface area (Å²) in [4.78, 5) is 11.8. The molecule has 0 aliphatic carbocycles. The van der Waals surface area contributed by atoms with Crippen molar-refractivity contribution < 1.29 is 17.9 Å². The first kappa shape index (κ1) is 19.8. The Kier molecular flexibility index (Phi) is 6.91. The highest BCUT2D eigenvalue weighted by atomic mass is 32.2. The van der Waals surface area contributed by atoms with E-state index in [-0.39, 0.29) is 18.9 Å². The first-order chi connectivity index (χ1) is 11.9. The normalized spacial score (nSPS) is 18.5. The molecule has 1 fully saturated rings. The van der Waals surface area contributed by atoms with Crippen LogP contribution in [0, 0.1) is 0 Å². The van der Waals surface area contributed by atoms with Crippen LogP contribution in [0.5, 0.6) is 0 Å². The monoisotopic (exact) mass is 370 g/mol. The van der Waals surface area contributed by atoms with Crippen LogP contribution in [0.15, 0.2) is 24.3 Å². The highest BCUT2D eigenvalue weighted by Gasteiger charge is 2.40. The molecule has 1 aliphatic rings. The number of rotatable bonds is 8. The molecule has 0 radical (unpaired) electrons. The Morgan fingerprint density at radius 2 is 2.04 bits per heavy atom. The molecule has 25 heavy (non-hydrogen) atoms. The van der Waals surface area contributed by atoms with Crippen LogP contribution < -0.4 is 5.32 Å². The number of hydrogen-bond acceptors (Lipinski definition) is 5. The predicted octanol–water partition coefficient (Wildman–Crippen LogP) is 1.24. The van der Waals surface area contributed by atoms with Crippen molar-refractivity contribution in [1.82, 2.24) is 13.7 Å². The van der Waals surface area contributed by atoms with Gasteiger partial charge in [0.05, 0.1) is 19.7 Å². The number of anilines is 1. The van der Waals surface area contributed by atoms with E-state index in [0.29, 0.717) is 32.1 Å². The maximum absolute atomic E-state index is 12.6. The molecule has 9 heteroatoms. The smallest absolute Gasteiger partial charge is 0.296 e. The minimum Gasteiger partial charge on any atom is -0.384 e. The SMILES string of the molecule is CCN1CN(Cc2cccc(NC(=O)CCOC)c2)S(=O)(=O)N1CC. The lowest BCUT2D eigenvalue weighted by molar-refractivity contribution is -0.117. The summed E-state index contributed by atoms with van der Waals surface area (Å²) in [5, 5.41) is 4.59. The van der Waals surface area contributed by atoms with E-state index in [2.05, 4.69) is 5.32 Å². The second-order valence-corrected chi connectivity index (χ2v) is 7.55. The number of nitrogens with zero attached hydrogens (tertiary/aromatic N) is 3. The fourth-order valence-corrected chi connectivity index (χ4v) is 4.37. The number of carbonyl (C=O) groups excluding carboxylic acids is 1. The van der Waals surface area contributed by atoms with Gasteiger partial charge in [0.25, 0.3) is 10.2 Å². The number of methoxy groups -OCH3 is 1. The van der Waals surface area contributed by atoms with Crippen molar-refractivity contribution in [1.29, 1.82) is 0 Å². The van der Waals surface area contributed by atoms with Crippen LogP contribution in [0.3, 0.4) is 0 Å². The van der Waals surface area contributed by atoms with Crippen molar-refractivity contribution >= 4 is 21.8 Å². The standard InChI is InChI=1S/C16H26N4O4S/c1-4-18-13-19(25(22,23)20(18)5-2)12-14-7-6-8-15(11-14)17-16(21)9-10-24-3/h6-8,11H,4-5,9-10,12-13H2,1-3H3,(H,17,21). The van der Waals surface area contributed by atoms with E-state index < -0.39 is 10.2 Å². The number of nitrogens with one attached hydrogen (secondary N) is 1. The van der Waals surface area contributed by atoms with Gasteiger partial charge in [0.2, 0.25) is 5.91 Å². The van der Waals surface area contributed by atoms with Gasteiger partial charge >= 0.3 is 0 Å². The lowest BCUT2D eigenvalue weighted by Crippen LogP contribution is -2.38. The van der Waals surface area contributed by atoms with Gasteiger partial charge in [0.1, 0.15) is 0 Å². The molecule has 0 aromatic heterocycles. The molecule has 0 bridgehead atoms. The molecule has 1 N–H and O–H groups in total. The maximum Gasteiger partial charge on any atom is 0.296 e. The Balaban J connectivity index is 2.08. The van der Waals surface area contributed by atoms with Crippen molar-refractivity contribution in [2.24, 2.45) is 0 Å². The number of amides is 1. The van der Waals surface area contributed by atoms with Gasteiger partial charge in [-0.15, -0.1) is 4.41 Å². The second-order valence-electron chi connectivity index (χ2n) is 5.71. The summed E-state index contributed by atoms with van der Waals surface area (Å²) in [6.45, 7) is 5.73. The van der Waals surface area contributed by atoms with Crippen molar-refractivity contribution in [2.45, 2.75) is 26.8 Å². The van der Waals surface area contributed by atoms with Gasteiger partial charge in [-0.2, -0.15) is 12.7 Å². The summed E-state index contributed by atoms with van der Waals surface area (Å²) in [5.74, 6) is -0.137. The topological polar surface area (TPSA) is 82.2 Å². The van der Waals surface area contributed by atoms with Gasteiger partial charge in [-0.3, -0.25) is 4.79 Å². The third kappa shape index (κ3) is 4.77. The van der Waals surface area contributed by atoms with Crippen LogP contribution in [0.1, 0.15) is 25.8 Å². The Labute approximate surface area is 149 Å². The molecule has 1 aromatic carbocycles. The summed E-state index contributed by atoms with van der Waals surface area (Å²) in [6, 6.07) is 7.23. The summed E-state index contributed by atoms with van der Waals surface area (Å²) >= 11 is 0. The number of ether oxygens (including phenoxy) is 1. The van der Waals surface area contributed by atoms with Crippen molar-refractivity contribution in [3.05, 3.63) is 29.8 Å². The average molecular weight is 370 g/mol. The molecule has 140 valence electrons. The zero-order valence-corrected chi connectivity index (χ0v) is 15.8. The van der Waals surface area contributed by atoms with Crippen LogP contribution in [0.2, 0.25) is 0 Å². The Hall–Kier alpha value is -1.52. The lowest BCUT2D eigenvalue weighted by Gasteiger charge is -2.21. The van der Waals surface area contributed by atoms with E-state index in [1.54, 1.807) is 30.3 Å². The molecule has 0 atom stereocenters. The Morgan fingerprint density at radius 3 is 2.64 bits per heavy atom. The van der Waals surface area contributed by atoms with Crippen LogP contribution in [0.25, 0.3) is 0 Å². The molecule has 0 unspecified atom stereocenters. The Morgan fingerprint density at radius 1 is 1.28 bits per heavy atom. The molecule has 2 rings (SSSR count). The van der Waals surface area contributed by atoms with Crippen LogP contribution >= 0.6 is 0 Å².